The summed E-state index contributed by atoms with van der Waals surface area (Å²) in [5.41, 5.74) is 0.649. The zero-order chi connectivity index (χ0) is 41.0. The number of rotatable bonds is 7. The lowest BCUT2D eigenvalue weighted by atomic mass is 9.50. The molecule has 6 heterocycles. The first kappa shape index (κ1) is 39.1. The molecule has 1 aromatic heterocycles. The lowest BCUT2D eigenvalue weighted by molar-refractivity contribution is -0.306. The highest BCUT2D eigenvalue weighted by atomic mass is 16.7. The van der Waals surface area contributed by atoms with E-state index in [0.717, 1.165) is 27.7 Å². The average Bonchev–Trinajstić information content (AvgIpc) is 3.89. The molecule has 10 atom stereocenters. The number of anilines is 1. The molecule has 0 amide bonds. The Morgan fingerprint density at radius 2 is 1.78 bits per heavy atom. The molecular formula is C45H56N4O9. The van der Waals surface area contributed by atoms with Crippen molar-refractivity contribution < 1.29 is 43.5 Å². The van der Waals surface area contributed by atoms with E-state index in [2.05, 4.69) is 44.4 Å². The number of aliphatic hydroxyl groups is 2. The van der Waals surface area contributed by atoms with Crippen molar-refractivity contribution in [2.24, 2.45) is 11.3 Å². The van der Waals surface area contributed by atoms with E-state index >= 15 is 4.79 Å². The molecule has 1 spiro atoms. The number of carbonyl (C=O) groups excluding carboxylic acids is 3. The Hall–Kier alpha value is -4.43. The number of nitrogens with zero attached hydrogens (tertiary/aromatic N) is 2. The molecule has 13 heteroatoms. The first-order chi connectivity index (χ1) is 27.7. The van der Waals surface area contributed by atoms with E-state index in [1.54, 1.807) is 7.11 Å². The van der Waals surface area contributed by atoms with Crippen LogP contribution in [0.5, 0.6) is 5.75 Å². The quantitative estimate of drug-likeness (QED) is 0.116. The van der Waals surface area contributed by atoms with Gasteiger partial charge in [0.15, 0.2) is 6.10 Å². The van der Waals surface area contributed by atoms with Gasteiger partial charge in [-0.25, -0.2) is 0 Å². The maximum Gasteiger partial charge on any atom is 0.322 e. The van der Waals surface area contributed by atoms with Crippen LogP contribution in [-0.4, -0.2) is 119 Å². The first-order valence-electron chi connectivity index (χ1n) is 20.9. The molecule has 0 radical (unpaired) electrons. The van der Waals surface area contributed by atoms with Crippen LogP contribution in [0.1, 0.15) is 82.2 Å². The van der Waals surface area contributed by atoms with Gasteiger partial charge in [-0.2, -0.15) is 0 Å². The summed E-state index contributed by atoms with van der Waals surface area (Å²) in [5, 5.41) is 29.6. The van der Waals surface area contributed by atoms with E-state index in [4.69, 9.17) is 18.9 Å². The molecule has 2 saturated heterocycles. The highest BCUT2D eigenvalue weighted by Gasteiger charge is 2.78. The van der Waals surface area contributed by atoms with Crippen LogP contribution in [0.4, 0.5) is 5.69 Å². The third-order valence-electron chi connectivity index (χ3n) is 14.9. The molecule has 6 aliphatic rings. The van der Waals surface area contributed by atoms with Crippen LogP contribution in [0.25, 0.3) is 10.9 Å². The fourth-order valence-electron chi connectivity index (χ4n) is 12.9. The van der Waals surface area contributed by atoms with Crippen molar-refractivity contribution in [1.82, 2.24) is 14.8 Å². The number of hydrogen-bond acceptors (Lipinski definition) is 12. The van der Waals surface area contributed by atoms with Crippen LogP contribution in [0.2, 0.25) is 0 Å². The fraction of sp³-hybridized carbons (Fsp3) is 0.578. The van der Waals surface area contributed by atoms with Gasteiger partial charge in [0.25, 0.3) is 5.79 Å². The van der Waals surface area contributed by atoms with Crippen molar-refractivity contribution >= 4 is 34.5 Å². The van der Waals surface area contributed by atoms with E-state index in [9.17, 15) is 19.8 Å². The molecule has 2 aromatic carbocycles. The lowest BCUT2D eigenvalue weighted by Crippen LogP contribution is -2.79. The summed E-state index contributed by atoms with van der Waals surface area (Å²) >= 11 is 0. The number of esters is 3. The van der Waals surface area contributed by atoms with E-state index in [0.29, 0.717) is 88.2 Å². The van der Waals surface area contributed by atoms with Gasteiger partial charge in [0.1, 0.15) is 17.2 Å². The molecule has 1 unspecified atom stereocenters. The number of carbonyl (C=O) groups is 3. The summed E-state index contributed by atoms with van der Waals surface area (Å²) in [6.45, 7) is 9.89. The SMILES string of the molecule is CC[C@]1(O)C[C@H]2CN(CCc3c([nH]c4ccccc34)[C@@](C(=O)OC)(c3cc4c(cc3OC)N[C@H]3[C@](O)(OC(C)=O)[C@H](OC(C)=O)[C@]5(CC)C=CCN6CC[C@@]43[C@@H]65)C2)C1. The Morgan fingerprint density at radius 1 is 0.983 bits per heavy atom. The summed E-state index contributed by atoms with van der Waals surface area (Å²) in [6.07, 6.45) is 6.01. The zero-order valence-corrected chi connectivity index (χ0v) is 34.4. The van der Waals surface area contributed by atoms with Gasteiger partial charge in [-0.3, -0.25) is 24.2 Å². The van der Waals surface area contributed by atoms with Crippen molar-refractivity contribution in [2.45, 2.75) is 107 Å². The van der Waals surface area contributed by atoms with Gasteiger partial charge in [0.05, 0.1) is 19.8 Å². The van der Waals surface area contributed by atoms with Gasteiger partial charge in [-0.05, 0) is 74.2 Å². The largest absolute Gasteiger partial charge is 0.496 e. The Kier molecular flexibility index (Phi) is 9.12. The summed E-state index contributed by atoms with van der Waals surface area (Å²) in [4.78, 5) is 49.7. The van der Waals surface area contributed by atoms with Gasteiger partial charge in [0, 0.05) is 90.8 Å². The standard InChI is InChI=1S/C45H56N4O9/c1-7-41(53)22-28-23-44(40(52)56-6,36-30(14-18-48(24-28)25-41)29-12-9-10-13-33(29)46-36)32-20-31-34(21-35(32)55-5)47-37-43(31)16-19-49-17-11-15-42(8-2,38(43)49)39(57-26(3)50)45(37,54)58-27(4)51/h9-13,15,20-21,28,37-39,46-47,53-54H,7-8,14,16-19,22-25H2,1-6H3/t28-,37-,38+,39-,41+,42-,43-,44+,45+/m1/s1. The van der Waals surface area contributed by atoms with Gasteiger partial charge < -0.3 is 39.5 Å². The molecule has 1 saturated carbocycles. The van der Waals surface area contributed by atoms with Crippen molar-refractivity contribution in [3.63, 3.8) is 0 Å². The topological polar surface area (TPSA) is 163 Å². The fourth-order valence-corrected chi connectivity index (χ4v) is 12.9. The van der Waals surface area contributed by atoms with Crippen LogP contribution in [0.15, 0.2) is 48.6 Å². The predicted octanol–water partition coefficient (Wildman–Crippen LogP) is 4.31. The molecule has 58 heavy (non-hydrogen) atoms. The molecule has 5 aliphatic heterocycles. The molecule has 13 nitrogen and oxygen atoms in total. The van der Waals surface area contributed by atoms with Crippen LogP contribution in [-0.2, 0) is 45.8 Å². The summed E-state index contributed by atoms with van der Waals surface area (Å²) in [6, 6.07) is 10.9. The molecule has 3 fully saturated rings. The van der Waals surface area contributed by atoms with E-state index < -0.39 is 57.7 Å². The third kappa shape index (κ3) is 5.24. The molecule has 1 aliphatic carbocycles. The van der Waals surface area contributed by atoms with E-state index in [1.807, 2.05) is 38.1 Å². The number of hydrogen-bond donors (Lipinski definition) is 4. The highest BCUT2D eigenvalue weighted by Crippen LogP contribution is 2.67. The number of nitrogens with one attached hydrogen (secondary N) is 2. The number of benzene rings is 2. The van der Waals surface area contributed by atoms with Crippen LogP contribution in [0.3, 0.4) is 0 Å². The minimum atomic E-state index is -2.28. The molecule has 9 rings (SSSR count). The number of methoxy groups -OCH3 is 2. The monoisotopic (exact) mass is 796 g/mol. The number of ether oxygens (including phenoxy) is 4. The van der Waals surface area contributed by atoms with Gasteiger partial charge in [-0.15, -0.1) is 0 Å². The Bertz CT molecular complexity index is 2220. The normalized spacial score (nSPS) is 37.2. The summed E-state index contributed by atoms with van der Waals surface area (Å²) < 4.78 is 24.3. The second-order valence-electron chi connectivity index (χ2n) is 17.8. The second kappa shape index (κ2) is 13.6. The number of fused-ring (bicyclic) bond motifs is 6. The lowest BCUT2D eigenvalue weighted by Gasteiger charge is -2.62. The molecule has 2 bridgehead atoms. The molecule has 4 N–H and O–H groups in total. The molecular weight excluding hydrogens is 741 g/mol. The van der Waals surface area contributed by atoms with Crippen molar-refractivity contribution in [3.8, 4) is 5.75 Å². The minimum absolute atomic E-state index is 0.0939. The molecule has 310 valence electrons. The van der Waals surface area contributed by atoms with E-state index in [-0.39, 0.29) is 12.0 Å². The maximum absolute atomic E-state index is 15.2. The summed E-state index contributed by atoms with van der Waals surface area (Å²) in [5.74, 6) is -3.67. The predicted molar refractivity (Wildman–Crippen MR) is 215 cm³/mol. The smallest absolute Gasteiger partial charge is 0.322 e. The van der Waals surface area contributed by atoms with Crippen molar-refractivity contribution in [1.29, 1.82) is 0 Å². The van der Waals surface area contributed by atoms with Gasteiger partial charge >= 0.3 is 17.9 Å². The van der Waals surface area contributed by atoms with Crippen LogP contribution >= 0.6 is 0 Å². The number of aromatic amines is 1. The van der Waals surface area contributed by atoms with Crippen molar-refractivity contribution in [2.75, 3.05) is 52.3 Å². The number of para-hydroxylation sites is 1. The number of piperidine rings is 1. The van der Waals surface area contributed by atoms with Gasteiger partial charge in [0.2, 0.25) is 0 Å². The maximum atomic E-state index is 15.2. The Balaban J connectivity index is 1.34. The Labute approximate surface area is 339 Å². The average molecular weight is 797 g/mol. The second-order valence-corrected chi connectivity index (χ2v) is 17.8. The van der Waals surface area contributed by atoms with Crippen molar-refractivity contribution in [3.05, 3.63) is 70.9 Å². The third-order valence-corrected chi connectivity index (χ3v) is 14.9. The van der Waals surface area contributed by atoms with E-state index in [1.165, 1.54) is 21.0 Å². The minimum Gasteiger partial charge on any atom is -0.496 e. The first-order valence-corrected chi connectivity index (χ1v) is 20.9. The Morgan fingerprint density at radius 3 is 2.48 bits per heavy atom. The van der Waals surface area contributed by atoms with Crippen LogP contribution in [0, 0.1) is 11.3 Å². The number of H-pyrrole nitrogens is 1. The number of aromatic nitrogens is 1. The highest BCUT2D eigenvalue weighted by molar-refractivity contribution is 5.94. The van der Waals surface area contributed by atoms with Gasteiger partial charge in [-0.1, -0.05) is 44.2 Å². The molecule has 3 aromatic rings. The summed E-state index contributed by atoms with van der Waals surface area (Å²) in [7, 11) is 3.02. The zero-order valence-electron chi connectivity index (χ0n) is 34.4. The van der Waals surface area contributed by atoms with Crippen LogP contribution < -0.4 is 10.1 Å².